The smallest absolute Gasteiger partial charge is 0.172 e. The monoisotopic (exact) mass is 336 g/mol. The minimum Gasteiger partial charge on any atom is -0.293 e. The van der Waals surface area contributed by atoms with E-state index in [0.29, 0.717) is 23.3 Å². The fourth-order valence-electron chi connectivity index (χ4n) is 5.35. The molecule has 0 spiro atoms. The molecule has 1 nitrogen and oxygen atoms in total. The first-order valence-electron chi connectivity index (χ1n) is 7.56. The minimum absolute atomic E-state index is 0.0652. The van der Waals surface area contributed by atoms with Crippen molar-refractivity contribution in [2.24, 2.45) is 23.2 Å². The number of carbonyl (C=O) groups is 1. The fourth-order valence-corrected chi connectivity index (χ4v) is 5.71. The van der Waals surface area contributed by atoms with Crippen molar-refractivity contribution in [1.82, 2.24) is 0 Å². The first-order valence-corrected chi connectivity index (χ1v) is 8.35. The average Bonchev–Trinajstić information content (AvgIpc) is 2.39. The molecule has 1 aromatic carbocycles. The zero-order valence-corrected chi connectivity index (χ0v) is 13.0. The molecular formula is C17H18BrFO. The van der Waals surface area contributed by atoms with Crippen molar-refractivity contribution in [3.63, 3.8) is 0 Å². The summed E-state index contributed by atoms with van der Waals surface area (Å²) in [6.07, 6.45) is 6.87. The Morgan fingerprint density at radius 3 is 2.20 bits per heavy atom. The van der Waals surface area contributed by atoms with E-state index >= 15 is 0 Å². The number of hydrogen-bond acceptors (Lipinski definition) is 1. The number of hydrogen-bond donors (Lipinski definition) is 0. The molecule has 20 heavy (non-hydrogen) atoms. The zero-order chi connectivity index (χ0) is 13.9. The van der Waals surface area contributed by atoms with Crippen molar-refractivity contribution >= 4 is 21.7 Å². The second kappa shape index (κ2) is 4.40. The van der Waals surface area contributed by atoms with E-state index in [1.54, 1.807) is 12.1 Å². The zero-order valence-electron chi connectivity index (χ0n) is 11.4. The second-order valence-corrected chi connectivity index (χ2v) is 8.07. The summed E-state index contributed by atoms with van der Waals surface area (Å²) >= 11 is 3.36. The van der Waals surface area contributed by atoms with Gasteiger partial charge in [0.25, 0.3) is 0 Å². The SMILES string of the molecule is O=C(c1cc(Br)ccc1F)C12CC3CC(CC(C3)C1)C2. The number of Topliss-reactive ketones (excluding diaryl/α,β-unsaturated/α-hetero) is 1. The van der Waals surface area contributed by atoms with E-state index in [1.165, 1.54) is 25.3 Å². The molecule has 0 N–H and O–H groups in total. The van der Waals surface area contributed by atoms with Gasteiger partial charge in [0.2, 0.25) is 0 Å². The molecule has 0 atom stereocenters. The molecule has 0 aromatic heterocycles. The number of carbonyl (C=O) groups excluding carboxylic acids is 1. The Morgan fingerprint density at radius 1 is 1.10 bits per heavy atom. The van der Waals surface area contributed by atoms with Crippen molar-refractivity contribution in [3.8, 4) is 0 Å². The lowest BCUT2D eigenvalue weighted by Gasteiger charge is -2.56. The highest BCUT2D eigenvalue weighted by Gasteiger charge is 2.54. The van der Waals surface area contributed by atoms with Gasteiger partial charge >= 0.3 is 0 Å². The minimum atomic E-state index is -0.367. The molecule has 1 aromatic rings. The van der Waals surface area contributed by atoms with Gasteiger partial charge in [0.1, 0.15) is 5.82 Å². The van der Waals surface area contributed by atoms with Crippen LogP contribution in [0, 0.1) is 29.0 Å². The van der Waals surface area contributed by atoms with Gasteiger partial charge in [-0.2, -0.15) is 0 Å². The molecule has 4 aliphatic carbocycles. The number of rotatable bonds is 2. The maximum absolute atomic E-state index is 14.1. The van der Waals surface area contributed by atoms with Gasteiger partial charge in [-0.15, -0.1) is 0 Å². The number of benzene rings is 1. The van der Waals surface area contributed by atoms with Crippen LogP contribution in [0.2, 0.25) is 0 Å². The van der Waals surface area contributed by atoms with Gasteiger partial charge in [-0.3, -0.25) is 4.79 Å². The van der Waals surface area contributed by atoms with Crippen LogP contribution in [0.1, 0.15) is 48.9 Å². The summed E-state index contributed by atoms with van der Waals surface area (Å²) in [5, 5.41) is 0. The van der Waals surface area contributed by atoms with Gasteiger partial charge in [0.15, 0.2) is 5.78 Å². The van der Waals surface area contributed by atoms with Gasteiger partial charge in [-0.25, -0.2) is 4.39 Å². The van der Waals surface area contributed by atoms with Crippen LogP contribution in [0.5, 0.6) is 0 Å². The summed E-state index contributed by atoms with van der Waals surface area (Å²) < 4.78 is 14.8. The summed E-state index contributed by atoms with van der Waals surface area (Å²) in [4.78, 5) is 13.0. The molecule has 0 radical (unpaired) electrons. The first kappa shape index (κ1) is 13.0. The lowest BCUT2D eigenvalue weighted by Crippen LogP contribution is -2.50. The average molecular weight is 337 g/mol. The Kier molecular flexibility index (Phi) is 2.86. The summed E-state index contributed by atoms with van der Waals surface area (Å²) in [6.45, 7) is 0. The summed E-state index contributed by atoms with van der Waals surface area (Å²) in [5.74, 6) is 1.82. The largest absolute Gasteiger partial charge is 0.293 e. The van der Waals surface area contributed by atoms with E-state index in [-0.39, 0.29) is 17.0 Å². The van der Waals surface area contributed by atoms with Crippen LogP contribution in [-0.4, -0.2) is 5.78 Å². The van der Waals surface area contributed by atoms with Gasteiger partial charge < -0.3 is 0 Å². The third-order valence-electron chi connectivity index (χ3n) is 5.69. The third kappa shape index (κ3) is 1.89. The van der Waals surface area contributed by atoms with Gasteiger partial charge in [0, 0.05) is 9.89 Å². The van der Waals surface area contributed by atoms with Crippen molar-refractivity contribution in [2.75, 3.05) is 0 Å². The molecule has 0 heterocycles. The molecule has 0 saturated heterocycles. The van der Waals surface area contributed by atoms with E-state index < -0.39 is 0 Å². The predicted molar refractivity (Wildman–Crippen MR) is 79.0 cm³/mol. The van der Waals surface area contributed by atoms with E-state index in [4.69, 9.17) is 0 Å². The molecule has 0 unspecified atom stereocenters. The Bertz CT molecular complexity index is 545. The Balaban J connectivity index is 1.73. The number of halogens is 2. The normalized spacial score (nSPS) is 38.2. The van der Waals surface area contributed by atoms with Crippen LogP contribution in [0.3, 0.4) is 0 Å². The molecule has 3 heteroatoms. The molecule has 4 bridgehead atoms. The highest BCUT2D eigenvalue weighted by atomic mass is 79.9. The van der Waals surface area contributed by atoms with Crippen LogP contribution >= 0.6 is 15.9 Å². The van der Waals surface area contributed by atoms with Crippen LogP contribution in [0.4, 0.5) is 4.39 Å². The van der Waals surface area contributed by atoms with Crippen molar-refractivity contribution in [1.29, 1.82) is 0 Å². The summed E-state index contributed by atoms with van der Waals surface area (Å²) in [5.41, 5.74) is 0.0393. The maximum Gasteiger partial charge on any atom is 0.172 e. The third-order valence-corrected chi connectivity index (χ3v) is 6.19. The van der Waals surface area contributed by atoms with Gasteiger partial charge in [0.05, 0.1) is 5.56 Å². The van der Waals surface area contributed by atoms with Crippen LogP contribution in [-0.2, 0) is 0 Å². The Morgan fingerprint density at radius 2 is 1.65 bits per heavy atom. The quantitative estimate of drug-likeness (QED) is 0.695. The molecule has 4 saturated carbocycles. The number of ketones is 1. The molecule has 4 aliphatic rings. The van der Waals surface area contributed by atoms with Crippen molar-refractivity contribution in [3.05, 3.63) is 34.1 Å². The lowest BCUT2D eigenvalue weighted by molar-refractivity contribution is -0.0355. The van der Waals surface area contributed by atoms with Crippen molar-refractivity contribution in [2.45, 2.75) is 38.5 Å². The van der Waals surface area contributed by atoms with Crippen LogP contribution in [0.15, 0.2) is 22.7 Å². The maximum atomic E-state index is 14.1. The second-order valence-electron chi connectivity index (χ2n) is 7.15. The summed E-state index contributed by atoms with van der Waals surface area (Å²) in [7, 11) is 0. The molecule has 0 amide bonds. The summed E-state index contributed by atoms with van der Waals surface area (Å²) in [6, 6.07) is 4.72. The molecule has 5 rings (SSSR count). The topological polar surface area (TPSA) is 17.1 Å². The van der Waals surface area contributed by atoms with E-state index in [1.807, 2.05) is 0 Å². The fraction of sp³-hybridized carbons (Fsp3) is 0.588. The van der Waals surface area contributed by atoms with Crippen molar-refractivity contribution < 1.29 is 9.18 Å². The highest BCUT2D eigenvalue weighted by molar-refractivity contribution is 9.10. The molecule has 0 aliphatic heterocycles. The van der Waals surface area contributed by atoms with E-state index in [2.05, 4.69) is 15.9 Å². The first-order chi connectivity index (χ1) is 9.56. The van der Waals surface area contributed by atoms with Gasteiger partial charge in [-0.1, -0.05) is 15.9 Å². The van der Waals surface area contributed by atoms with Gasteiger partial charge in [-0.05, 0) is 74.5 Å². The predicted octanol–water partition coefficient (Wildman–Crippen LogP) is 4.99. The van der Waals surface area contributed by atoms with E-state index in [0.717, 1.165) is 23.7 Å². The van der Waals surface area contributed by atoms with Crippen LogP contribution in [0.25, 0.3) is 0 Å². The molecule has 4 fully saturated rings. The highest BCUT2D eigenvalue weighted by Crippen LogP contribution is 2.61. The van der Waals surface area contributed by atoms with E-state index in [9.17, 15) is 9.18 Å². The molecular weight excluding hydrogens is 319 g/mol. The molecule has 106 valence electrons. The Labute approximate surface area is 127 Å². The Hall–Kier alpha value is -0.700. The lowest BCUT2D eigenvalue weighted by atomic mass is 9.48. The standard InChI is InChI=1S/C17H18BrFO/c18-13-1-2-15(19)14(6-13)16(20)17-7-10-3-11(8-17)5-12(4-10)9-17/h1-2,6,10-12H,3-5,7-9H2. The van der Waals surface area contributed by atoms with Crippen LogP contribution < -0.4 is 0 Å².